The first-order chi connectivity index (χ1) is 7.35. The summed E-state index contributed by atoms with van der Waals surface area (Å²) in [5.74, 6) is 0. The Bertz CT molecular complexity index is 323. The summed E-state index contributed by atoms with van der Waals surface area (Å²) in [7, 11) is 0. The second kappa shape index (κ2) is 3.77. The van der Waals surface area contributed by atoms with E-state index in [9.17, 15) is 9.90 Å². The van der Waals surface area contributed by atoms with Crippen LogP contribution in [0.2, 0.25) is 0 Å². The second-order valence-corrected chi connectivity index (χ2v) is 5.61. The Balaban J connectivity index is 1.90. The van der Waals surface area contributed by atoms with E-state index in [0.29, 0.717) is 25.9 Å². The van der Waals surface area contributed by atoms with Crippen molar-refractivity contribution in [1.82, 2.24) is 4.90 Å². The van der Waals surface area contributed by atoms with Crippen molar-refractivity contribution >= 4 is 6.09 Å². The van der Waals surface area contributed by atoms with E-state index < -0.39 is 5.60 Å². The average Bonchev–Trinajstić information content (AvgIpc) is 2.56. The van der Waals surface area contributed by atoms with Crippen LogP contribution in [0.4, 0.5) is 4.79 Å². The molecule has 1 aliphatic heterocycles. The van der Waals surface area contributed by atoms with Crippen molar-refractivity contribution in [3.05, 3.63) is 11.1 Å². The van der Waals surface area contributed by atoms with Gasteiger partial charge in [0.15, 0.2) is 0 Å². The van der Waals surface area contributed by atoms with Gasteiger partial charge < -0.3 is 14.7 Å². The Kier molecular flexibility index (Phi) is 2.70. The van der Waals surface area contributed by atoms with Crippen LogP contribution in [0.1, 0.15) is 33.6 Å². The molecule has 0 aromatic carbocycles. The van der Waals surface area contributed by atoms with E-state index in [2.05, 4.69) is 0 Å². The zero-order valence-corrected chi connectivity index (χ0v) is 10.1. The van der Waals surface area contributed by atoms with Crippen LogP contribution in [0.5, 0.6) is 0 Å². The Labute approximate surface area is 95.9 Å². The number of rotatable bonds is 0. The van der Waals surface area contributed by atoms with Gasteiger partial charge in [0.1, 0.15) is 5.60 Å². The van der Waals surface area contributed by atoms with Crippen molar-refractivity contribution in [3.8, 4) is 0 Å². The molecule has 1 heterocycles. The summed E-state index contributed by atoms with van der Waals surface area (Å²) >= 11 is 0. The summed E-state index contributed by atoms with van der Waals surface area (Å²) in [6.07, 6.45) is 0.950. The van der Waals surface area contributed by atoms with Gasteiger partial charge in [0.2, 0.25) is 0 Å². The number of carbonyl (C=O) groups is 1. The molecule has 0 saturated heterocycles. The number of nitrogens with zero attached hydrogens (tertiary/aromatic N) is 1. The number of aliphatic hydroxyl groups excluding tert-OH is 1. The predicted molar refractivity (Wildman–Crippen MR) is 60.1 cm³/mol. The normalized spacial score (nSPS) is 21.6. The van der Waals surface area contributed by atoms with Crippen molar-refractivity contribution in [3.63, 3.8) is 0 Å². The van der Waals surface area contributed by atoms with Crippen molar-refractivity contribution in [2.24, 2.45) is 0 Å². The first kappa shape index (κ1) is 11.5. The number of hydrogen-bond donors (Lipinski definition) is 1. The summed E-state index contributed by atoms with van der Waals surface area (Å²) < 4.78 is 5.31. The Hall–Kier alpha value is -1.03. The Morgan fingerprint density at radius 1 is 1.31 bits per heavy atom. The van der Waals surface area contributed by atoms with E-state index in [-0.39, 0.29) is 12.2 Å². The van der Waals surface area contributed by atoms with Crippen molar-refractivity contribution < 1.29 is 14.6 Å². The molecule has 2 aliphatic rings. The van der Waals surface area contributed by atoms with Gasteiger partial charge in [-0.05, 0) is 44.8 Å². The summed E-state index contributed by atoms with van der Waals surface area (Å²) in [5, 5.41) is 9.47. The molecule has 0 radical (unpaired) electrons. The topological polar surface area (TPSA) is 49.8 Å². The van der Waals surface area contributed by atoms with E-state index in [1.165, 1.54) is 11.1 Å². The molecule has 0 saturated carbocycles. The maximum Gasteiger partial charge on any atom is 0.410 e. The third kappa shape index (κ3) is 2.38. The molecule has 0 spiro atoms. The van der Waals surface area contributed by atoms with Crippen LogP contribution in [0.15, 0.2) is 11.1 Å². The van der Waals surface area contributed by atoms with Gasteiger partial charge in [-0.15, -0.1) is 0 Å². The fraction of sp³-hybridized carbons (Fsp3) is 0.750. The maximum absolute atomic E-state index is 11.8. The molecule has 90 valence electrons. The van der Waals surface area contributed by atoms with E-state index in [4.69, 9.17) is 4.74 Å². The first-order valence-corrected chi connectivity index (χ1v) is 5.71. The van der Waals surface area contributed by atoms with Crippen LogP contribution in [0.3, 0.4) is 0 Å². The smallest absolute Gasteiger partial charge is 0.410 e. The minimum atomic E-state index is -0.441. The molecule has 4 heteroatoms. The van der Waals surface area contributed by atoms with Gasteiger partial charge in [-0.3, -0.25) is 0 Å². The lowest BCUT2D eigenvalue weighted by atomic mass is 10.2. The molecule has 1 amide bonds. The lowest BCUT2D eigenvalue weighted by Crippen LogP contribution is -2.36. The highest BCUT2D eigenvalue weighted by Gasteiger charge is 2.34. The quantitative estimate of drug-likeness (QED) is 0.638. The van der Waals surface area contributed by atoms with Crippen LogP contribution in [-0.4, -0.2) is 40.9 Å². The monoisotopic (exact) mass is 225 g/mol. The van der Waals surface area contributed by atoms with Gasteiger partial charge >= 0.3 is 6.09 Å². The van der Waals surface area contributed by atoms with Crippen LogP contribution in [0, 0.1) is 0 Å². The van der Waals surface area contributed by atoms with Gasteiger partial charge in [-0.2, -0.15) is 0 Å². The number of aliphatic hydroxyl groups is 1. The van der Waals surface area contributed by atoms with Gasteiger partial charge in [0.25, 0.3) is 0 Å². The highest BCUT2D eigenvalue weighted by molar-refractivity contribution is 5.70. The molecule has 4 nitrogen and oxygen atoms in total. The number of carbonyl (C=O) groups excluding carboxylic acids is 1. The molecule has 1 N–H and O–H groups in total. The number of likely N-dealkylation sites (tertiary alicyclic amines) is 1. The molecule has 0 aromatic heterocycles. The lowest BCUT2D eigenvalue weighted by Gasteiger charge is -2.25. The highest BCUT2D eigenvalue weighted by atomic mass is 16.6. The molecule has 16 heavy (non-hydrogen) atoms. The molecular weight excluding hydrogens is 206 g/mol. The third-order valence-electron chi connectivity index (χ3n) is 2.88. The molecule has 0 fully saturated rings. The Morgan fingerprint density at radius 2 is 1.81 bits per heavy atom. The molecule has 1 aliphatic carbocycles. The second-order valence-electron chi connectivity index (χ2n) is 5.61. The molecule has 2 rings (SSSR count). The minimum Gasteiger partial charge on any atom is -0.444 e. The summed E-state index contributed by atoms with van der Waals surface area (Å²) in [6, 6.07) is 0. The summed E-state index contributed by atoms with van der Waals surface area (Å²) in [4.78, 5) is 13.5. The maximum atomic E-state index is 11.8. The molecular formula is C12H19NO3. The van der Waals surface area contributed by atoms with Crippen LogP contribution < -0.4 is 0 Å². The Morgan fingerprint density at radius 3 is 2.25 bits per heavy atom. The van der Waals surface area contributed by atoms with Gasteiger partial charge in [0, 0.05) is 13.1 Å². The zero-order chi connectivity index (χ0) is 11.9. The van der Waals surface area contributed by atoms with E-state index in [1.54, 1.807) is 4.90 Å². The SMILES string of the molecule is CC(C)(C)OC(=O)N1CC2=C(CC(O)C2)C1. The molecule has 0 unspecified atom stereocenters. The summed E-state index contributed by atoms with van der Waals surface area (Å²) in [5.41, 5.74) is 2.00. The van der Waals surface area contributed by atoms with Crippen LogP contribution >= 0.6 is 0 Å². The standard InChI is InChI=1S/C12H19NO3/c1-12(2,3)16-11(15)13-6-8-4-10(14)5-9(8)7-13/h10,14H,4-7H2,1-3H3. The molecule has 0 atom stereocenters. The van der Waals surface area contributed by atoms with Crippen molar-refractivity contribution in [1.29, 1.82) is 0 Å². The fourth-order valence-electron chi connectivity index (χ4n) is 2.25. The van der Waals surface area contributed by atoms with Crippen molar-refractivity contribution in [2.45, 2.75) is 45.3 Å². The zero-order valence-electron chi connectivity index (χ0n) is 10.1. The summed E-state index contributed by atoms with van der Waals surface area (Å²) in [6.45, 7) is 6.85. The average molecular weight is 225 g/mol. The van der Waals surface area contributed by atoms with Crippen LogP contribution in [0.25, 0.3) is 0 Å². The molecule has 0 aromatic rings. The first-order valence-electron chi connectivity index (χ1n) is 5.71. The largest absolute Gasteiger partial charge is 0.444 e. The van der Waals surface area contributed by atoms with E-state index in [1.807, 2.05) is 20.8 Å². The third-order valence-corrected chi connectivity index (χ3v) is 2.88. The van der Waals surface area contributed by atoms with Crippen molar-refractivity contribution in [2.75, 3.05) is 13.1 Å². The number of ether oxygens (including phenoxy) is 1. The highest BCUT2D eigenvalue weighted by Crippen LogP contribution is 2.33. The number of amides is 1. The predicted octanol–water partition coefficient (Wildman–Crippen LogP) is 1.69. The lowest BCUT2D eigenvalue weighted by molar-refractivity contribution is 0.0290. The van der Waals surface area contributed by atoms with Gasteiger partial charge in [-0.1, -0.05) is 0 Å². The van der Waals surface area contributed by atoms with Gasteiger partial charge in [-0.25, -0.2) is 4.79 Å². The molecule has 0 bridgehead atoms. The fourth-order valence-corrected chi connectivity index (χ4v) is 2.25. The van der Waals surface area contributed by atoms with E-state index in [0.717, 1.165) is 0 Å². The van der Waals surface area contributed by atoms with E-state index >= 15 is 0 Å². The van der Waals surface area contributed by atoms with Crippen LogP contribution in [-0.2, 0) is 4.74 Å². The van der Waals surface area contributed by atoms with Gasteiger partial charge in [0.05, 0.1) is 6.10 Å². The number of hydrogen-bond acceptors (Lipinski definition) is 3. The minimum absolute atomic E-state index is 0.231.